The van der Waals surface area contributed by atoms with Gasteiger partial charge >= 0.3 is 0 Å². The van der Waals surface area contributed by atoms with Crippen LogP contribution in [0.25, 0.3) is 20.8 Å². The molecular weight excluding hydrogens is 304 g/mol. The van der Waals surface area contributed by atoms with Crippen LogP contribution < -0.4 is 0 Å². The Balaban J connectivity index is 1.65. The van der Waals surface area contributed by atoms with Crippen LogP contribution in [0.5, 0.6) is 5.75 Å². The van der Waals surface area contributed by atoms with Crippen molar-refractivity contribution < 1.29 is 5.11 Å². The summed E-state index contributed by atoms with van der Waals surface area (Å²) >= 11 is 1.63. The number of likely N-dealkylation sites (tertiary alicyclic amines) is 1. The van der Waals surface area contributed by atoms with Gasteiger partial charge in [0.1, 0.15) is 10.8 Å². The molecule has 0 saturated carbocycles. The zero-order valence-electron chi connectivity index (χ0n) is 13.0. The van der Waals surface area contributed by atoms with Crippen molar-refractivity contribution in [2.75, 3.05) is 13.1 Å². The van der Waals surface area contributed by atoms with E-state index in [1.54, 1.807) is 17.4 Å². The van der Waals surface area contributed by atoms with Crippen molar-refractivity contribution in [3.05, 3.63) is 48.0 Å². The van der Waals surface area contributed by atoms with Crippen LogP contribution in [0.1, 0.15) is 24.8 Å². The summed E-state index contributed by atoms with van der Waals surface area (Å²) in [6.45, 7) is 3.31. The Labute approximate surface area is 140 Å². The van der Waals surface area contributed by atoms with Gasteiger partial charge in [-0.05, 0) is 55.8 Å². The molecule has 0 aliphatic carbocycles. The Bertz CT molecular complexity index is 788. The largest absolute Gasteiger partial charge is 0.507 e. The number of aromatic hydroxyl groups is 1. The van der Waals surface area contributed by atoms with Crippen molar-refractivity contribution in [3.63, 3.8) is 0 Å². The van der Waals surface area contributed by atoms with Crippen molar-refractivity contribution in [1.29, 1.82) is 0 Å². The van der Waals surface area contributed by atoms with E-state index in [1.807, 2.05) is 24.3 Å². The van der Waals surface area contributed by atoms with Crippen molar-refractivity contribution in [2.45, 2.75) is 25.8 Å². The van der Waals surface area contributed by atoms with Gasteiger partial charge in [0.2, 0.25) is 0 Å². The average molecular weight is 324 g/mol. The minimum atomic E-state index is 0.312. The smallest absolute Gasteiger partial charge is 0.128 e. The predicted octanol–water partition coefficient (Wildman–Crippen LogP) is 4.65. The summed E-state index contributed by atoms with van der Waals surface area (Å²) in [7, 11) is 0. The molecule has 0 atom stereocenters. The van der Waals surface area contributed by atoms with Crippen LogP contribution in [-0.2, 0) is 6.54 Å². The van der Waals surface area contributed by atoms with Crippen LogP contribution >= 0.6 is 11.3 Å². The van der Waals surface area contributed by atoms with Crippen LogP contribution in [-0.4, -0.2) is 28.1 Å². The van der Waals surface area contributed by atoms with Gasteiger partial charge in [-0.1, -0.05) is 24.6 Å². The highest BCUT2D eigenvalue weighted by Crippen LogP contribution is 2.36. The quantitative estimate of drug-likeness (QED) is 0.761. The van der Waals surface area contributed by atoms with E-state index < -0.39 is 0 Å². The number of nitrogens with zero attached hydrogens (tertiary/aromatic N) is 2. The number of aromatic nitrogens is 1. The fourth-order valence-corrected chi connectivity index (χ4v) is 4.21. The molecule has 1 aromatic heterocycles. The zero-order chi connectivity index (χ0) is 15.6. The highest BCUT2D eigenvalue weighted by atomic mass is 32.1. The summed E-state index contributed by atoms with van der Waals surface area (Å²) < 4.78 is 1.16. The van der Waals surface area contributed by atoms with E-state index in [0.29, 0.717) is 5.75 Å². The lowest BCUT2D eigenvalue weighted by molar-refractivity contribution is 0.221. The van der Waals surface area contributed by atoms with Gasteiger partial charge in [0.05, 0.1) is 15.8 Å². The third-order valence-electron chi connectivity index (χ3n) is 4.44. The fourth-order valence-electron chi connectivity index (χ4n) is 3.22. The van der Waals surface area contributed by atoms with E-state index in [1.165, 1.54) is 37.9 Å². The van der Waals surface area contributed by atoms with Crippen molar-refractivity contribution in [1.82, 2.24) is 9.88 Å². The van der Waals surface area contributed by atoms with E-state index in [4.69, 9.17) is 0 Å². The lowest BCUT2D eigenvalue weighted by Gasteiger charge is -2.26. The molecule has 3 nitrogen and oxygen atoms in total. The third kappa shape index (κ3) is 3.09. The average Bonchev–Trinajstić information content (AvgIpc) is 3.01. The molecule has 23 heavy (non-hydrogen) atoms. The van der Waals surface area contributed by atoms with E-state index in [-0.39, 0.29) is 0 Å². The summed E-state index contributed by atoms with van der Waals surface area (Å²) in [5.74, 6) is 0.312. The van der Waals surface area contributed by atoms with Gasteiger partial charge in [0, 0.05) is 6.54 Å². The molecule has 2 aromatic carbocycles. The SMILES string of the molecule is Oc1ccc(CN2CCCCC2)cc1-c1nc2ccccc2s1. The molecule has 4 heteroatoms. The Morgan fingerprint density at radius 1 is 1.04 bits per heavy atom. The van der Waals surface area contributed by atoms with Crippen LogP contribution in [0.15, 0.2) is 42.5 Å². The molecule has 1 aliphatic rings. The van der Waals surface area contributed by atoms with Gasteiger partial charge in [-0.25, -0.2) is 4.98 Å². The summed E-state index contributed by atoms with van der Waals surface area (Å²) in [6, 6.07) is 14.0. The minimum absolute atomic E-state index is 0.312. The standard InChI is InChI=1S/C19H20N2OS/c22-17-9-8-14(13-21-10-4-1-5-11-21)12-15(17)19-20-16-6-2-3-7-18(16)23-19/h2-3,6-9,12,22H,1,4-5,10-11,13H2. The van der Waals surface area contributed by atoms with Gasteiger partial charge in [0.15, 0.2) is 0 Å². The second-order valence-electron chi connectivity index (χ2n) is 6.18. The Morgan fingerprint density at radius 2 is 1.87 bits per heavy atom. The molecule has 0 unspecified atom stereocenters. The first-order chi connectivity index (χ1) is 11.3. The number of hydrogen-bond donors (Lipinski definition) is 1. The number of fused-ring (bicyclic) bond motifs is 1. The molecule has 4 rings (SSSR count). The summed E-state index contributed by atoms with van der Waals surface area (Å²) in [5, 5.41) is 11.2. The topological polar surface area (TPSA) is 36.4 Å². The third-order valence-corrected chi connectivity index (χ3v) is 5.51. The number of hydrogen-bond acceptors (Lipinski definition) is 4. The number of piperidine rings is 1. The Hall–Kier alpha value is -1.91. The van der Waals surface area contributed by atoms with Crippen LogP contribution in [0, 0.1) is 0 Å². The molecule has 0 bridgehead atoms. The first-order valence-electron chi connectivity index (χ1n) is 8.20. The lowest BCUT2D eigenvalue weighted by atomic mass is 10.1. The molecule has 1 N–H and O–H groups in total. The van der Waals surface area contributed by atoms with E-state index in [0.717, 1.165) is 27.3 Å². The first-order valence-corrected chi connectivity index (χ1v) is 9.01. The number of benzene rings is 2. The predicted molar refractivity (Wildman–Crippen MR) is 95.8 cm³/mol. The molecule has 0 radical (unpaired) electrons. The second kappa shape index (κ2) is 6.30. The number of para-hydroxylation sites is 1. The Kier molecular flexibility index (Phi) is 4.02. The van der Waals surface area contributed by atoms with Crippen molar-refractivity contribution >= 4 is 21.6 Å². The summed E-state index contributed by atoms with van der Waals surface area (Å²) in [6.07, 6.45) is 3.94. The van der Waals surface area contributed by atoms with Gasteiger partial charge in [-0.15, -0.1) is 11.3 Å². The molecule has 1 fully saturated rings. The molecule has 118 valence electrons. The Morgan fingerprint density at radius 3 is 2.70 bits per heavy atom. The van der Waals surface area contributed by atoms with E-state index in [9.17, 15) is 5.11 Å². The van der Waals surface area contributed by atoms with E-state index in [2.05, 4.69) is 22.0 Å². The monoisotopic (exact) mass is 324 g/mol. The van der Waals surface area contributed by atoms with E-state index >= 15 is 0 Å². The number of phenolic OH excluding ortho intramolecular Hbond substituents is 1. The van der Waals surface area contributed by atoms with Crippen molar-refractivity contribution in [3.8, 4) is 16.3 Å². The molecule has 3 aromatic rings. The molecule has 1 saturated heterocycles. The number of thiazole rings is 1. The van der Waals surface area contributed by atoms with Gasteiger partial charge in [0.25, 0.3) is 0 Å². The lowest BCUT2D eigenvalue weighted by Crippen LogP contribution is -2.29. The van der Waals surface area contributed by atoms with Crippen LogP contribution in [0.4, 0.5) is 0 Å². The maximum atomic E-state index is 10.3. The number of rotatable bonds is 3. The number of phenols is 1. The van der Waals surface area contributed by atoms with Crippen LogP contribution in [0.2, 0.25) is 0 Å². The highest BCUT2D eigenvalue weighted by Gasteiger charge is 2.14. The fraction of sp³-hybridized carbons (Fsp3) is 0.316. The first kappa shape index (κ1) is 14.7. The maximum Gasteiger partial charge on any atom is 0.128 e. The van der Waals surface area contributed by atoms with Gasteiger partial charge < -0.3 is 5.11 Å². The van der Waals surface area contributed by atoms with Gasteiger partial charge in [-0.2, -0.15) is 0 Å². The minimum Gasteiger partial charge on any atom is -0.507 e. The highest BCUT2D eigenvalue weighted by molar-refractivity contribution is 7.21. The molecule has 1 aliphatic heterocycles. The molecular formula is C19H20N2OS. The normalized spacial score (nSPS) is 16.0. The molecule has 0 amide bonds. The summed E-state index contributed by atoms with van der Waals surface area (Å²) in [5.41, 5.74) is 3.09. The maximum absolute atomic E-state index is 10.3. The molecule has 2 heterocycles. The van der Waals surface area contributed by atoms with Crippen molar-refractivity contribution in [2.24, 2.45) is 0 Å². The van der Waals surface area contributed by atoms with Crippen LogP contribution in [0.3, 0.4) is 0 Å². The zero-order valence-corrected chi connectivity index (χ0v) is 13.9. The second-order valence-corrected chi connectivity index (χ2v) is 7.21. The molecule has 0 spiro atoms. The summed E-state index contributed by atoms with van der Waals surface area (Å²) in [4.78, 5) is 7.17. The van der Waals surface area contributed by atoms with Gasteiger partial charge in [-0.3, -0.25) is 4.90 Å².